The fraction of sp³-hybridized carbons (Fsp3) is 0.633. The summed E-state index contributed by atoms with van der Waals surface area (Å²) in [6.07, 6.45) is 28.6. The zero-order valence-corrected chi connectivity index (χ0v) is 42.0. The fourth-order valence-electron chi connectivity index (χ4n) is 12.1. The molecule has 3 fully saturated rings. The average molecular weight is 912 g/mol. The molecule has 0 saturated heterocycles. The monoisotopic (exact) mass is 912 g/mol. The predicted molar refractivity (Wildman–Crippen MR) is 278 cm³/mol. The van der Waals surface area contributed by atoms with Crippen molar-refractivity contribution in [2.45, 2.75) is 231 Å². The first-order valence-corrected chi connectivity index (χ1v) is 27.6. The summed E-state index contributed by atoms with van der Waals surface area (Å²) in [5, 5.41) is 11.9. The number of nitrogens with one attached hydrogen (secondary N) is 3. The lowest BCUT2D eigenvalue weighted by Crippen LogP contribution is -2.53. The van der Waals surface area contributed by atoms with Gasteiger partial charge in [0.05, 0.1) is 0 Å². The molecule has 366 valence electrons. The van der Waals surface area contributed by atoms with Crippen molar-refractivity contribution in [3.05, 3.63) is 119 Å². The minimum Gasteiger partial charge on any atom is -0.335 e. The lowest BCUT2D eigenvalue weighted by atomic mass is 9.77. The van der Waals surface area contributed by atoms with Crippen molar-refractivity contribution < 1.29 is 9.59 Å². The molecular weight excluding hydrogens is 823 g/mol. The van der Waals surface area contributed by atoms with Gasteiger partial charge in [0.2, 0.25) is 11.8 Å². The van der Waals surface area contributed by atoms with Gasteiger partial charge in [-0.3, -0.25) is 9.59 Å². The second-order valence-corrected chi connectivity index (χ2v) is 21.3. The highest BCUT2D eigenvalue weighted by Gasteiger charge is 2.35. The Morgan fingerprint density at radius 3 is 1.40 bits per heavy atom. The Hall–Kier alpha value is -3.78. The first-order valence-electron chi connectivity index (χ1n) is 27.6. The molecule has 6 bridgehead atoms. The Morgan fingerprint density at radius 2 is 0.910 bits per heavy atom. The molecule has 0 aromatic heterocycles. The number of rotatable bonds is 11. The van der Waals surface area contributed by atoms with E-state index in [1.54, 1.807) is 0 Å². The summed E-state index contributed by atoms with van der Waals surface area (Å²) < 4.78 is 0. The second kappa shape index (κ2) is 27.4. The van der Waals surface area contributed by atoms with Crippen molar-refractivity contribution in [3.63, 3.8) is 0 Å². The molecule has 7 nitrogen and oxygen atoms in total. The number of fused-ring (bicyclic) bond motifs is 3. The summed E-state index contributed by atoms with van der Waals surface area (Å²) in [5.74, 6) is 1.48. The van der Waals surface area contributed by atoms with Gasteiger partial charge in [0.25, 0.3) is 0 Å². The van der Waals surface area contributed by atoms with Crippen LogP contribution in [0.25, 0.3) is 0 Å². The van der Waals surface area contributed by atoms with Crippen molar-refractivity contribution >= 4 is 11.8 Å². The molecule has 3 aliphatic carbocycles. The number of benzene rings is 3. The van der Waals surface area contributed by atoms with Crippen molar-refractivity contribution in [2.75, 3.05) is 0 Å². The molecule has 7 aliphatic rings. The molecule has 7 atom stereocenters. The third-order valence-corrected chi connectivity index (χ3v) is 16.2. The van der Waals surface area contributed by atoms with Crippen LogP contribution in [-0.4, -0.2) is 51.8 Å². The normalized spacial score (nSPS) is 25.9. The van der Waals surface area contributed by atoms with Gasteiger partial charge in [0.1, 0.15) is 0 Å². The smallest absolute Gasteiger partial charge is 0.223 e. The van der Waals surface area contributed by atoms with Gasteiger partial charge in [-0.25, -0.2) is 0 Å². The van der Waals surface area contributed by atoms with E-state index in [-0.39, 0.29) is 18.1 Å². The van der Waals surface area contributed by atoms with E-state index in [2.05, 4.69) is 125 Å². The minimum atomic E-state index is 0.190. The highest BCUT2D eigenvalue weighted by molar-refractivity contribution is 5.77. The van der Waals surface area contributed by atoms with Crippen LogP contribution in [0.3, 0.4) is 0 Å². The highest BCUT2D eigenvalue weighted by atomic mass is 16.2. The van der Waals surface area contributed by atoms with Crippen molar-refractivity contribution in [3.8, 4) is 0 Å². The Balaban J connectivity index is 1.13. The highest BCUT2D eigenvalue weighted by Crippen LogP contribution is 2.36. The zero-order valence-electron chi connectivity index (χ0n) is 42.0. The number of hydrogen-bond acceptors (Lipinski definition) is 5. The third-order valence-electron chi connectivity index (χ3n) is 16.2. The molecule has 4 heterocycles. The van der Waals surface area contributed by atoms with Crippen molar-refractivity contribution in [2.24, 2.45) is 11.8 Å². The number of carbonyl (C=O) groups excluding carboxylic acids is 2. The van der Waals surface area contributed by atoms with Gasteiger partial charge >= 0.3 is 0 Å². The zero-order chi connectivity index (χ0) is 46.6. The van der Waals surface area contributed by atoms with Gasteiger partial charge in [-0.05, 0) is 109 Å². The molecule has 7 heteroatoms. The van der Waals surface area contributed by atoms with Crippen LogP contribution >= 0.6 is 0 Å². The van der Waals surface area contributed by atoms with E-state index in [1.165, 1.54) is 117 Å². The summed E-state index contributed by atoms with van der Waals surface area (Å²) >= 11 is 0. The van der Waals surface area contributed by atoms with E-state index >= 15 is 0 Å². The first-order chi connectivity index (χ1) is 32.9. The van der Waals surface area contributed by atoms with Crippen LogP contribution in [0.2, 0.25) is 0 Å². The number of hydrogen-bond donors (Lipinski definition) is 3. The molecule has 7 unspecified atom stereocenters. The summed E-state index contributed by atoms with van der Waals surface area (Å²) in [4.78, 5) is 33.1. The molecule has 4 aliphatic heterocycles. The summed E-state index contributed by atoms with van der Waals surface area (Å²) in [7, 11) is 0. The molecule has 0 spiro atoms. The van der Waals surface area contributed by atoms with Crippen LogP contribution in [0.1, 0.15) is 195 Å². The lowest BCUT2D eigenvalue weighted by Gasteiger charge is -2.41. The molecule has 3 saturated carbocycles. The molecule has 0 radical (unpaired) electrons. The van der Waals surface area contributed by atoms with Crippen molar-refractivity contribution in [1.29, 1.82) is 0 Å². The summed E-state index contributed by atoms with van der Waals surface area (Å²) in [6, 6.07) is 29.1. The maximum Gasteiger partial charge on any atom is 0.223 e. The van der Waals surface area contributed by atoms with Crippen LogP contribution in [0.15, 0.2) is 85.5 Å². The number of carbonyl (C=O) groups is 2. The predicted octanol–water partition coefficient (Wildman–Crippen LogP) is 12.9. The van der Waals surface area contributed by atoms with E-state index in [0.29, 0.717) is 61.7 Å². The maximum atomic E-state index is 14.3. The van der Waals surface area contributed by atoms with Gasteiger partial charge < -0.3 is 25.8 Å². The molecule has 3 N–H and O–H groups in total. The molecule has 10 rings (SSSR count). The third kappa shape index (κ3) is 15.6. The Labute approximate surface area is 407 Å². The number of unbranched alkanes of at least 4 members (excludes halogenated alkanes) is 6. The van der Waals surface area contributed by atoms with Gasteiger partial charge in [0, 0.05) is 75.8 Å². The van der Waals surface area contributed by atoms with E-state index in [0.717, 1.165) is 77.4 Å². The van der Waals surface area contributed by atoms with E-state index < -0.39 is 0 Å². The average Bonchev–Trinajstić information content (AvgIpc) is 3.36. The quantitative estimate of drug-likeness (QED) is 0.132. The molecule has 67 heavy (non-hydrogen) atoms. The SMILES string of the molecule is C=CC1Cc2ccc(cc2)CNC2CCCCC2N(C(=O)CCCCCC)Cc2ccc(cc2)CNC2CCCCC2NCc2ccc(cc2)CN(C(=O)CCCCCC)C2CCCCC2C1. The Kier molecular flexibility index (Phi) is 20.9. The van der Waals surface area contributed by atoms with Crippen LogP contribution < -0.4 is 16.0 Å². The standard InChI is InChI=1S/C60H89N5O2/c1-4-7-9-11-25-59(66)64-44-51-35-31-49(32-36-51)41-61-54-20-14-15-21-55(54)62-42-50-33-37-52(38-34-50)45-65(60(67)26-12-10-8-5-2)58-24-18-16-22-56(58)63-43-48-29-27-47(28-30-48)39-46(6-3)40-53-19-13-17-23-57(53)64/h6,27-38,46,53-58,61-63H,3-5,7-26,39-45H2,1-2H3. The maximum absolute atomic E-state index is 14.3. The fourth-order valence-corrected chi connectivity index (χ4v) is 12.1. The van der Waals surface area contributed by atoms with Crippen LogP contribution in [0.4, 0.5) is 0 Å². The first kappa shape index (κ1) is 51.1. The molecule has 3 aromatic rings. The number of nitrogens with zero attached hydrogens (tertiary/aromatic N) is 2. The summed E-state index contributed by atoms with van der Waals surface area (Å²) in [6.45, 7) is 12.7. The van der Waals surface area contributed by atoms with Crippen LogP contribution in [-0.2, 0) is 48.7 Å². The van der Waals surface area contributed by atoms with Crippen LogP contribution in [0, 0.1) is 11.8 Å². The van der Waals surface area contributed by atoms with Crippen molar-refractivity contribution in [1.82, 2.24) is 25.8 Å². The topological polar surface area (TPSA) is 76.7 Å². The van der Waals surface area contributed by atoms with Crippen LogP contribution in [0.5, 0.6) is 0 Å². The minimum absolute atomic E-state index is 0.190. The Morgan fingerprint density at radius 1 is 0.507 bits per heavy atom. The molecule has 2 amide bonds. The van der Waals surface area contributed by atoms with Gasteiger partial charge in [-0.2, -0.15) is 0 Å². The van der Waals surface area contributed by atoms with E-state index in [4.69, 9.17) is 0 Å². The largest absolute Gasteiger partial charge is 0.335 e. The van der Waals surface area contributed by atoms with E-state index in [9.17, 15) is 9.59 Å². The molecular formula is C60H89N5O2. The van der Waals surface area contributed by atoms with E-state index in [1.807, 2.05) is 0 Å². The van der Waals surface area contributed by atoms with Gasteiger partial charge in [-0.1, -0.05) is 170 Å². The number of amides is 2. The number of allylic oxidation sites excluding steroid dienone is 1. The lowest BCUT2D eigenvalue weighted by molar-refractivity contribution is -0.137. The second-order valence-electron chi connectivity index (χ2n) is 21.3. The van der Waals surface area contributed by atoms with Gasteiger partial charge in [0.15, 0.2) is 0 Å². The summed E-state index contributed by atoms with van der Waals surface area (Å²) in [5.41, 5.74) is 7.72. The van der Waals surface area contributed by atoms with Gasteiger partial charge in [-0.15, -0.1) is 6.58 Å². The molecule has 3 aromatic carbocycles. The Bertz CT molecular complexity index is 1910.